The summed E-state index contributed by atoms with van der Waals surface area (Å²) in [4.78, 5) is 9.90. The zero-order chi connectivity index (χ0) is 7.11. The Morgan fingerprint density at radius 3 is 2.67 bits per heavy atom. The van der Waals surface area contributed by atoms with E-state index in [2.05, 4.69) is 0 Å². The average molecular weight is 149 g/mol. The van der Waals surface area contributed by atoms with Gasteiger partial charge in [-0.3, -0.25) is 4.79 Å². The maximum absolute atomic E-state index is 9.90. The van der Waals surface area contributed by atoms with Crippen molar-refractivity contribution in [3.63, 3.8) is 0 Å². The van der Waals surface area contributed by atoms with Gasteiger partial charge in [0.25, 0.3) is 0 Å². The van der Waals surface area contributed by atoms with Crippen LogP contribution < -0.4 is 0 Å². The number of rotatable bonds is 4. The van der Waals surface area contributed by atoms with Crippen LogP contribution in [0.3, 0.4) is 0 Å². The second kappa shape index (κ2) is 5.63. The predicted octanol–water partition coefficient (Wildman–Crippen LogP) is 1.65. The van der Waals surface area contributed by atoms with Crippen molar-refractivity contribution in [2.24, 2.45) is 0 Å². The highest BCUT2D eigenvalue weighted by Crippen LogP contribution is 1.90. The third kappa shape index (κ3) is 7.50. The third-order valence-corrected chi connectivity index (χ3v) is 0.959. The lowest BCUT2D eigenvalue weighted by Gasteiger charge is -1.84. The summed E-state index contributed by atoms with van der Waals surface area (Å²) in [6, 6.07) is 0. The molecule has 0 radical (unpaired) electrons. The Kier molecular flexibility index (Phi) is 5.32. The van der Waals surface area contributed by atoms with Crippen LogP contribution in [0.5, 0.6) is 0 Å². The van der Waals surface area contributed by atoms with Crippen molar-refractivity contribution in [2.45, 2.75) is 12.8 Å². The Labute approximate surface area is 59.1 Å². The molecule has 0 atom stereocenters. The summed E-state index contributed by atoms with van der Waals surface area (Å²) in [5.41, 5.74) is 0. The van der Waals surface area contributed by atoms with Crippen molar-refractivity contribution < 1.29 is 9.90 Å². The predicted molar refractivity (Wildman–Crippen MR) is 36.7 cm³/mol. The summed E-state index contributed by atoms with van der Waals surface area (Å²) in [7, 11) is 0. The zero-order valence-corrected chi connectivity index (χ0v) is 5.77. The highest BCUT2D eigenvalue weighted by molar-refractivity contribution is 6.18. The highest BCUT2D eigenvalue weighted by Gasteiger charge is 1.90. The number of halogens is 1. The van der Waals surface area contributed by atoms with E-state index in [9.17, 15) is 4.79 Å². The molecule has 0 amide bonds. The Morgan fingerprint density at radius 2 is 2.22 bits per heavy atom. The van der Waals surface area contributed by atoms with E-state index in [4.69, 9.17) is 16.7 Å². The maximum atomic E-state index is 9.90. The first-order valence-corrected chi connectivity index (χ1v) is 3.23. The van der Waals surface area contributed by atoms with E-state index in [0.717, 1.165) is 0 Å². The van der Waals surface area contributed by atoms with E-state index in [1.807, 2.05) is 0 Å². The van der Waals surface area contributed by atoms with Crippen LogP contribution in [0.4, 0.5) is 0 Å². The number of hydrogen-bond acceptors (Lipinski definition) is 1. The summed E-state index contributed by atoms with van der Waals surface area (Å²) in [5.74, 6) is -0.311. The monoisotopic (exact) mass is 148 g/mol. The van der Waals surface area contributed by atoms with E-state index in [-0.39, 0.29) is 6.42 Å². The lowest BCUT2D eigenvalue weighted by Crippen LogP contribution is -1.91. The highest BCUT2D eigenvalue weighted by atomic mass is 35.5. The Bertz CT molecular complexity index is 110. The van der Waals surface area contributed by atoms with Gasteiger partial charge in [-0.2, -0.15) is 0 Å². The minimum absolute atomic E-state index is 0.188. The first-order valence-electron chi connectivity index (χ1n) is 2.70. The van der Waals surface area contributed by atoms with E-state index >= 15 is 0 Å². The molecule has 0 saturated carbocycles. The fourth-order valence-corrected chi connectivity index (χ4v) is 0.514. The maximum Gasteiger partial charge on any atom is 0.303 e. The Hall–Kier alpha value is -0.500. The van der Waals surface area contributed by atoms with Crippen LogP contribution in [-0.4, -0.2) is 17.0 Å². The molecule has 0 rings (SSSR count). The van der Waals surface area contributed by atoms with Gasteiger partial charge in [-0.25, -0.2) is 0 Å². The summed E-state index contributed by atoms with van der Waals surface area (Å²) in [5, 5.41) is 8.15. The lowest BCUT2D eigenvalue weighted by atomic mass is 10.3. The molecule has 9 heavy (non-hydrogen) atoms. The Morgan fingerprint density at radius 1 is 1.56 bits per heavy atom. The van der Waals surface area contributed by atoms with Gasteiger partial charge in [-0.15, -0.1) is 11.6 Å². The van der Waals surface area contributed by atoms with Crippen LogP contribution in [0.1, 0.15) is 12.8 Å². The molecule has 0 fully saturated rings. The van der Waals surface area contributed by atoms with Gasteiger partial charge in [0.1, 0.15) is 0 Å². The van der Waals surface area contributed by atoms with Crippen molar-refractivity contribution in [1.82, 2.24) is 0 Å². The van der Waals surface area contributed by atoms with Crippen LogP contribution in [0.15, 0.2) is 12.2 Å². The van der Waals surface area contributed by atoms with Crippen LogP contribution >= 0.6 is 11.6 Å². The largest absolute Gasteiger partial charge is 0.481 e. The van der Waals surface area contributed by atoms with Crippen molar-refractivity contribution in [3.05, 3.63) is 12.2 Å². The van der Waals surface area contributed by atoms with Gasteiger partial charge in [0.2, 0.25) is 0 Å². The number of hydrogen-bond donors (Lipinski definition) is 1. The fourth-order valence-electron chi connectivity index (χ4n) is 0.388. The summed E-state index contributed by atoms with van der Waals surface area (Å²) in [6.45, 7) is 0. The second-order valence-electron chi connectivity index (χ2n) is 1.56. The van der Waals surface area contributed by atoms with Gasteiger partial charge < -0.3 is 5.11 Å². The minimum atomic E-state index is -0.769. The van der Waals surface area contributed by atoms with E-state index in [0.29, 0.717) is 12.3 Å². The minimum Gasteiger partial charge on any atom is -0.481 e. The van der Waals surface area contributed by atoms with Gasteiger partial charge >= 0.3 is 5.97 Å². The molecule has 0 heterocycles. The first kappa shape index (κ1) is 8.50. The van der Waals surface area contributed by atoms with Crippen molar-refractivity contribution >= 4 is 17.6 Å². The molecule has 0 aliphatic carbocycles. The number of alkyl halides is 1. The molecule has 3 heteroatoms. The van der Waals surface area contributed by atoms with Crippen LogP contribution in [0.2, 0.25) is 0 Å². The van der Waals surface area contributed by atoms with Gasteiger partial charge in [-0.05, 0) is 6.42 Å². The van der Waals surface area contributed by atoms with Crippen molar-refractivity contribution in [2.75, 3.05) is 5.88 Å². The molecular weight excluding hydrogens is 140 g/mol. The smallest absolute Gasteiger partial charge is 0.303 e. The van der Waals surface area contributed by atoms with Crippen molar-refractivity contribution in [3.8, 4) is 0 Å². The molecule has 0 bridgehead atoms. The first-order chi connectivity index (χ1) is 4.27. The Balaban J connectivity index is 3.09. The van der Waals surface area contributed by atoms with E-state index in [1.54, 1.807) is 12.2 Å². The molecule has 52 valence electrons. The number of carbonyl (C=O) groups is 1. The standard InChI is InChI=1S/C6H9ClO2/c7-5-3-1-2-4-6(8)9/h1,3H,2,4-5H2,(H,8,9)/b3-1+. The van der Waals surface area contributed by atoms with Gasteiger partial charge in [-0.1, -0.05) is 12.2 Å². The quantitative estimate of drug-likeness (QED) is 0.486. The number of aliphatic carboxylic acids is 1. The molecule has 0 aromatic heterocycles. The van der Waals surface area contributed by atoms with E-state index in [1.165, 1.54) is 0 Å². The molecule has 1 N–H and O–H groups in total. The number of carboxylic acids is 1. The topological polar surface area (TPSA) is 37.3 Å². The molecule has 2 nitrogen and oxygen atoms in total. The number of allylic oxidation sites excluding steroid dienone is 2. The summed E-state index contributed by atoms with van der Waals surface area (Å²) < 4.78 is 0. The second-order valence-corrected chi connectivity index (χ2v) is 1.87. The SMILES string of the molecule is O=C(O)CC/C=C/CCl. The normalized spacial score (nSPS) is 10.3. The molecule has 0 saturated heterocycles. The van der Waals surface area contributed by atoms with Gasteiger partial charge in [0.15, 0.2) is 0 Å². The molecular formula is C6H9ClO2. The molecule has 0 aliphatic rings. The molecule has 0 aromatic carbocycles. The van der Waals surface area contributed by atoms with E-state index < -0.39 is 5.97 Å². The molecule has 0 unspecified atom stereocenters. The average Bonchev–Trinajstić information content (AvgIpc) is 1.80. The van der Waals surface area contributed by atoms with Crippen LogP contribution in [0.25, 0.3) is 0 Å². The van der Waals surface area contributed by atoms with Crippen LogP contribution in [0, 0.1) is 0 Å². The summed E-state index contributed by atoms with van der Waals surface area (Å²) in [6.07, 6.45) is 4.26. The zero-order valence-electron chi connectivity index (χ0n) is 5.01. The fraction of sp³-hybridized carbons (Fsp3) is 0.500. The van der Waals surface area contributed by atoms with Crippen LogP contribution in [-0.2, 0) is 4.79 Å². The van der Waals surface area contributed by atoms with Crippen molar-refractivity contribution in [1.29, 1.82) is 0 Å². The van der Waals surface area contributed by atoms with Gasteiger partial charge in [0, 0.05) is 12.3 Å². The number of carboxylic acid groups (broad SMARTS) is 1. The molecule has 0 aromatic rings. The molecule has 0 spiro atoms. The van der Waals surface area contributed by atoms with Gasteiger partial charge in [0.05, 0.1) is 0 Å². The summed E-state index contributed by atoms with van der Waals surface area (Å²) >= 11 is 5.28. The molecule has 0 aliphatic heterocycles. The lowest BCUT2D eigenvalue weighted by molar-refractivity contribution is -0.136. The third-order valence-electron chi connectivity index (χ3n) is 0.781.